The molecule has 7 nitrogen and oxygen atoms in total. The summed E-state index contributed by atoms with van der Waals surface area (Å²) in [5.74, 6) is 1.17. The van der Waals surface area contributed by atoms with Crippen LogP contribution in [0.3, 0.4) is 0 Å². The Labute approximate surface area is 170 Å². The highest BCUT2D eigenvalue weighted by molar-refractivity contribution is 5.64. The lowest BCUT2D eigenvalue weighted by molar-refractivity contribution is 0.271. The van der Waals surface area contributed by atoms with Gasteiger partial charge >= 0.3 is 0 Å². The van der Waals surface area contributed by atoms with Crippen molar-refractivity contribution in [2.24, 2.45) is 0 Å². The van der Waals surface area contributed by atoms with Gasteiger partial charge in [0.1, 0.15) is 0 Å². The van der Waals surface area contributed by atoms with Gasteiger partial charge in [0, 0.05) is 30.1 Å². The summed E-state index contributed by atoms with van der Waals surface area (Å²) in [6, 6.07) is 6.91. The van der Waals surface area contributed by atoms with Crippen molar-refractivity contribution in [3.63, 3.8) is 0 Å². The van der Waals surface area contributed by atoms with Gasteiger partial charge in [0.2, 0.25) is 0 Å². The summed E-state index contributed by atoms with van der Waals surface area (Å²) in [7, 11) is 2.20. The molecule has 1 fully saturated rings. The van der Waals surface area contributed by atoms with E-state index in [0.717, 1.165) is 24.3 Å². The minimum atomic E-state index is 0.255. The van der Waals surface area contributed by atoms with Gasteiger partial charge in [-0.1, -0.05) is 12.1 Å². The third-order valence-electron chi connectivity index (χ3n) is 5.93. The van der Waals surface area contributed by atoms with Gasteiger partial charge in [-0.2, -0.15) is 5.10 Å². The fourth-order valence-corrected chi connectivity index (χ4v) is 4.29. The number of aromatic nitrogens is 4. The molecule has 0 bridgehead atoms. The van der Waals surface area contributed by atoms with E-state index < -0.39 is 0 Å². The van der Waals surface area contributed by atoms with Crippen LogP contribution in [0.5, 0.6) is 11.6 Å². The van der Waals surface area contributed by atoms with Gasteiger partial charge in [-0.3, -0.25) is 4.68 Å². The van der Waals surface area contributed by atoms with Crippen LogP contribution in [0.15, 0.2) is 36.8 Å². The van der Waals surface area contributed by atoms with Crippen LogP contribution in [0, 0.1) is 0 Å². The summed E-state index contributed by atoms with van der Waals surface area (Å²) >= 11 is 0. The molecule has 7 heteroatoms. The number of fused-ring (bicyclic) bond motifs is 2. The molecule has 5 rings (SSSR count). The second-order valence-corrected chi connectivity index (χ2v) is 8.62. The molecular formula is C22H26N6O. The summed E-state index contributed by atoms with van der Waals surface area (Å²) in [5.41, 5.74) is 11.1. The molecule has 2 aliphatic rings. The zero-order valence-corrected chi connectivity index (χ0v) is 17.1. The minimum Gasteiger partial charge on any atom is -0.433 e. The zero-order valence-electron chi connectivity index (χ0n) is 17.1. The maximum Gasteiger partial charge on any atom is 0.263 e. The summed E-state index contributed by atoms with van der Waals surface area (Å²) in [5, 5.41) is 4.29. The van der Waals surface area contributed by atoms with Crippen molar-refractivity contribution in [1.29, 1.82) is 0 Å². The van der Waals surface area contributed by atoms with Crippen molar-refractivity contribution in [3.8, 4) is 22.9 Å². The van der Waals surface area contributed by atoms with E-state index in [-0.39, 0.29) is 11.9 Å². The van der Waals surface area contributed by atoms with Gasteiger partial charge in [-0.25, -0.2) is 9.97 Å². The lowest BCUT2D eigenvalue weighted by atomic mass is 9.86. The third-order valence-corrected chi connectivity index (χ3v) is 5.93. The first-order valence-corrected chi connectivity index (χ1v) is 10.1. The number of hydrogen-bond donors (Lipinski definition) is 1. The van der Waals surface area contributed by atoms with Crippen LogP contribution in [0.2, 0.25) is 0 Å². The number of hydrogen-bond acceptors (Lipinski definition) is 6. The van der Waals surface area contributed by atoms with Crippen LogP contribution in [0.1, 0.15) is 43.9 Å². The van der Waals surface area contributed by atoms with E-state index in [4.69, 9.17) is 10.5 Å². The fourth-order valence-electron chi connectivity index (χ4n) is 4.29. The maximum absolute atomic E-state index is 6.02. The summed E-state index contributed by atoms with van der Waals surface area (Å²) < 4.78 is 7.71. The molecular weight excluding hydrogens is 364 g/mol. The first kappa shape index (κ1) is 18.1. The molecule has 1 saturated carbocycles. The predicted octanol–water partition coefficient (Wildman–Crippen LogP) is 3.77. The van der Waals surface area contributed by atoms with Crippen LogP contribution < -0.4 is 10.5 Å². The summed E-state index contributed by atoms with van der Waals surface area (Å²) in [4.78, 5) is 11.4. The highest BCUT2D eigenvalue weighted by Crippen LogP contribution is 2.52. The number of nitrogens with two attached hydrogens (primary N) is 1. The molecule has 150 valence electrons. The van der Waals surface area contributed by atoms with E-state index in [1.54, 1.807) is 12.4 Å². The molecule has 3 aromatic rings. The van der Waals surface area contributed by atoms with E-state index in [9.17, 15) is 0 Å². The topological polar surface area (TPSA) is 82.1 Å². The Morgan fingerprint density at radius 2 is 2.03 bits per heavy atom. The van der Waals surface area contributed by atoms with Crippen LogP contribution in [0.4, 0.5) is 5.82 Å². The molecule has 1 aromatic carbocycles. The van der Waals surface area contributed by atoms with Crippen molar-refractivity contribution >= 4 is 5.82 Å². The number of benzene rings is 1. The standard InChI is InChI=1S/C22H26N6O/c1-14(2)28-12-17(9-25-28)29-21-20(23)24-10-19(26-21)15-4-5-18-16(8-15)11-27(3)13-22(18)6-7-22/h4-5,8-10,12,14H,6-7,11,13H2,1-3H3,(H2,23,24). The number of anilines is 1. The Morgan fingerprint density at radius 3 is 2.76 bits per heavy atom. The molecule has 1 spiro atoms. The number of ether oxygens (including phenoxy) is 1. The maximum atomic E-state index is 6.02. The molecule has 0 saturated heterocycles. The largest absolute Gasteiger partial charge is 0.433 e. The van der Waals surface area contributed by atoms with Gasteiger partial charge in [-0.05, 0) is 50.9 Å². The quantitative estimate of drug-likeness (QED) is 0.730. The van der Waals surface area contributed by atoms with Crippen molar-refractivity contribution in [2.75, 3.05) is 19.3 Å². The normalized spacial score (nSPS) is 17.5. The molecule has 1 aliphatic carbocycles. The highest BCUT2D eigenvalue weighted by atomic mass is 16.5. The molecule has 2 N–H and O–H groups in total. The second kappa shape index (κ2) is 6.56. The van der Waals surface area contributed by atoms with E-state index in [1.807, 2.05) is 10.9 Å². The lowest BCUT2D eigenvalue weighted by Gasteiger charge is -2.32. The van der Waals surface area contributed by atoms with Gasteiger partial charge in [0.05, 0.1) is 24.3 Å². The monoisotopic (exact) mass is 390 g/mol. The van der Waals surface area contributed by atoms with Crippen molar-refractivity contribution in [1.82, 2.24) is 24.6 Å². The van der Waals surface area contributed by atoms with Gasteiger partial charge in [0.15, 0.2) is 11.6 Å². The molecule has 2 aromatic heterocycles. The Bertz CT molecular complexity index is 1070. The molecule has 0 amide bonds. The molecule has 0 atom stereocenters. The average Bonchev–Trinajstić information content (AvgIpc) is 3.28. The Balaban J connectivity index is 1.46. The molecule has 0 unspecified atom stereocenters. The summed E-state index contributed by atoms with van der Waals surface area (Å²) in [6.45, 7) is 6.24. The number of nitrogen functional groups attached to an aromatic ring is 1. The van der Waals surface area contributed by atoms with Crippen LogP contribution in [-0.4, -0.2) is 38.2 Å². The zero-order chi connectivity index (χ0) is 20.2. The van der Waals surface area contributed by atoms with Crippen LogP contribution in [0.25, 0.3) is 11.3 Å². The smallest absolute Gasteiger partial charge is 0.263 e. The van der Waals surface area contributed by atoms with E-state index in [1.165, 1.54) is 24.0 Å². The minimum absolute atomic E-state index is 0.255. The van der Waals surface area contributed by atoms with Crippen molar-refractivity contribution < 1.29 is 4.74 Å². The molecule has 29 heavy (non-hydrogen) atoms. The van der Waals surface area contributed by atoms with E-state index in [2.05, 4.69) is 59.1 Å². The molecule has 3 heterocycles. The first-order valence-electron chi connectivity index (χ1n) is 10.1. The van der Waals surface area contributed by atoms with Gasteiger partial charge < -0.3 is 15.4 Å². The Morgan fingerprint density at radius 1 is 1.21 bits per heavy atom. The van der Waals surface area contributed by atoms with Crippen molar-refractivity contribution in [2.45, 2.75) is 44.7 Å². The Kier molecular flexibility index (Phi) is 4.10. The molecule has 0 radical (unpaired) electrons. The van der Waals surface area contributed by atoms with Crippen LogP contribution >= 0.6 is 0 Å². The van der Waals surface area contributed by atoms with E-state index >= 15 is 0 Å². The highest BCUT2D eigenvalue weighted by Gasteiger charge is 2.48. The van der Waals surface area contributed by atoms with E-state index in [0.29, 0.717) is 17.0 Å². The third kappa shape index (κ3) is 3.25. The van der Waals surface area contributed by atoms with Crippen molar-refractivity contribution in [3.05, 3.63) is 47.9 Å². The lowest BCUT2D eigenvalue weighted by Crippen LogP contribution is -2.35. The predicted molar refractivity (Wildman–Crippen MR) is 112 cm³/mol. The SMILES string of the molecule is CC(C)n1cc(Oc2nc(-c3ccc4c(c3)CN(C)CC43CC3)cnc2N)cn1. The number of rotatable bonds is 4. The first-order chi connectivity index (χ1) is 13.9. The van der Waals surface area contributed by atoms with Gasteiger partial charge in [0.25, 0.3) is 5.88 Å². The number of likely N-dealkylation sites (N-methyl/N-ethyl adjacent to an activating group) is 1. The Hall–Kier alpha value is -2.93. The number of nitrogens with zero attached hydrogens (tertiary/aromatic N) is 5. The molecule has 1 aliphatic heterocycles. The average molecular weight is 390 g/mol. The van der Waals surface area contributed by atoms with Gasteiger partial charge in [-0.15, -0.1) is 0 Å². The second-order valence-electron chi connectivity index (χ2n) is 8.62. The van der Waals surface area contributed by atoms with Crippen LogP contribution in [-0.2, 0) is 12.0 Å². The fraction of sp³-hybridized carbons (Fsp3) is 0.409. The summed E-state index contributed by atoms with van der Waals surface area (Å²) in [6.07, 6.45) is 7.78.